The van der Waals surface area contributed by atoms with Crippen LogP contribution in [0, 0.1) is 0 Å². The van der Waals surface area contributed by atoms with Gasteiger partial charge in [-0.25, -0.2) is 0 Å². The molecule has 2 heterocycles. The molecule has 0 amide bonds. The van der Waals surface area contributed by atoms with Crippen LogP contribution in [0.2, 0.25) is 0 Å². The molecule has 0 saturated carbocycles. The van der Waals surface area contributed by atoms with Gasteiger partial charge in [0.05, 0.1) is 7.11 Å². The number of hydrogen-bond acceptors (Lipinski definition) is 5. The van der Waals surface area contributed by atoms with Gasteiger partial charge in [0.15, 0.2) is 0 Å². The Labute approximate surface area is 140 Å². The van der Waals surface area contributed by atoms with Crippen LogP contribution in [0.3, 0.4) is 0 Å². The number of benzene rings is 2. The van der Waals surface area contributed by atoms with Crippen LogP contribution < -0.4 is 9.47 Å². The largest absolute Gasteiger partial charge is 0.497 e. The molecule has 0 spiro atoms. The molecule has 0 bridgehead atoms. The van der Waals surface area contributed by atoms with Crippen LogP contribution in [0.25, 0.3) is 5.69 Å². The van der Waals surface area contributed by atoms with E-state index < -0.39 is 0 Å². The van der Waals surface area contributed by atoms with Crippen LogP contribution in [-0.4, -0.2) is 33.5 Å². The monoisotopic (exact) mass is 322 g/mol. The van der Waals surface area contributed by atoms with E-state index in [-0.39, 0.29) is 0 Å². The van der Waals surface area contributed by atoms with E-state index in [1.807, 2.05) is 28.8 Å². The van der Waals surface area contributed by atoms with Crippen LogP contribution >= 0.6 is 0 Å². The molecule has 1 aliphatic rings. The maximum Gasteiger partial charge on any atom is 0.142 e. The molecule has 4 rings (SSSR count). The lowest BCUT2D eigenvalue weighted by Gasteiger charge is -2.29. The Kier molecular flexibility index (Phi) is 3.88. The molecular formula is C18H18N4O2. The number of hydrogen-bond donors (Lipinski definition) is 0. The Bertz CT molecular complexity index is 816. The molecule has 24 heavy (non-hydrogen) atoms. The molecule has 6 nitrogen and oxygen atoms in total. The maximum atomic E-state index is 5.89. The SMILES string of the molecule is COc1ccc(CN2COc3ccc(-n4cnnc4)cc3C2)cc1. The van der Waals surface area contributed by atoms with Crippen molar-refractivity contribution in [2.45, 2.75) is 13.1 Å². The van der Waals surface area contributed by atoms with Crippen LogP contribution in [0.15, 0.2) is 55.1 Å². The first-order chi connectivity index (χ1) is 11.8. The zero-order valence-electron chi connectivity index (χ0n) is 13.4. The van der Waals surface area contributed by atoms with Crippen molar-refractivity contribution in [3.05, 3.63) is 66.2 Å². The van der Waals surface area contributed by atoms with E-state index in [1.54, 1.807) is 19.8 Å². The van der Waals surface area contributed by atoms with Gasteiger partial charge in [0.25, 0.3) is 0 Å². The van der Waals surface area contributed by atoms with Gasteiger partial charge < -0.3 is 9.47 Å². The van der Waals surface area contributed by atoms with Crippen molar-refractivity contribution >= 4 is 0 Å². The van der Waals surface area contributed by atoms with Gasteiger partial charge in [-0.2, -0.15) is 0 Å². The van der Waals surface area contributed by atoms with Crippen molar-refractivity contribution in [2.75, 3.05) is 13.8 Å². The van der Waals surface area contributed by atoms with E-state index in [0.717, 1.165) is 30.3 Å². The van der Waals surface area contributed by atoms with Crippen LogP contribution in [0.5, 0.6) is 11.5 Å². The summed E-state index contributed by atoms with van der Waals surface area (Å²) in [6.45, 7) is 2.27. The standard InChI is InChI=1S/C18H18N4O2/c1-23-17-5-2-14(3-6-17)9-21-10-15-8-16(22-11-19-20-12-22)4-7-18(15)24-13-21/h2-8,11-12H,9-10,13H2,1H3. The normalized spacial score (nSPS) is 14.0. The molecule has 6 heteroatoms. The Morgan fingerprint density at radius 2 is 1.88 bits per heavy atom. The Morgan fingerprint density at radius 3 is 2.62 bits per heavy atom. The van der Waals surface area contributed by atoms with E-state index in [4.69, 9.17) is 9.47 Å². The minimum atomic E-state index is 0.588. The third-order valence-corrected chi connectivity index (χ3v) is 4.12. The fourth-order valence-corrected chi connectivity index (χ4v) is 2.86. The summed E-state index contributed by atoms with van der Waals surface area (Å²) in [7, 11) is 1.68. The Hall–Kier alpha value is -2.86. The van der Waals surface area contributed by atoms with Crippen molar-refractivity contribution in [1.82, 2.24) is 19.7 Å². The van der Waals surface area contributed by atoms with E-state index >= 15 is 0 Å². The summed E-state index contributed by atoms with van der Waals surface area (Å²) in [5, 5.41) is 7.71. The minimum absolute atomic E-state index is 0.588. The lowest BCUT2D eigenvalue weighted by atomic mass is 10.1. The molecule has 0 atom stereocenters. The van der Waals surface area contributed by atoms with Crippen LogP contribution in [0.4, 0.5) is 0 Å². The predicted molar refractivity (Wildman–Crippen MR) is 89.1 cm³/mol. The first-order valence-electron chi connectivity index (χ1n) is 7.78. The van der Waals surface area contributed by atoms with Gasteiger partial charge in [0.1, 0.15) is 30.9 Å². The molecule has 1 aromatic heterocycles. The fraction of sp³-hybridized carbons (Fsp3) is 0.222. The van der Waals surface area contributed by atoms with E-state index in [0.29, 0.717) is 6.73 Å². The molecule has 1 aliphatic heterocycles. The predicted octanol–water partition coefficient (Wildman–Crippen LogP) is 2.63. The molecular weight excluding hydrogens is 304 g/mol. The molecule has 2 aromatic carbocycles. The Balaban J connectivity index is 1.50. The average molecular weight is 322 g/mol. The third kappa shape index (κ3) is 2.96. The second-order valence-corrected chi connectivity index (χ2v) is 5.77. The van der Waals surface area contributed by atoms with Crippen molar-refractivity contribution in [3.63, 3.8) is 0 Å². The van der Waals surface area contributed by atoms with Gasteiger partial charge in [0.2, 0.25) is 0 Å². The second-order valence-electron chi connectivity index (χ2n) is 5.77. The molecule has 122 valence electrons. The molecule has 0 radical (unpaired) electrons. The number of rotatable bonds is 4. The lowest BCUT2D eigenvalue weighted by Crippen LogP contribution is -2.31. The van der Waals surface area contributed by atoms with E-state index in [2.05, 4.69) is 33.3 Å². The highest BCUT2D eigenvalue weighted by Gasteiger charge is 2.18. The number of methoxy groups -OCH3 is 1. The van der Waals surface area contributed by atoms with Gasteiger partial charge >= 0.3 is 0 Å². The van der Waals surface area contributed by atoms with Crippen molar-refractivity contribution < 1.29 is 9.47 Å². The zero-order valence-corrected chi connectivity index (χ0v) is 13.4. The molecule has 3 aromatic rings. The summed E-state index contributed by atoms with van der Waals surface area (Å²) >= 11 is 0. The summed E-state index contributed by atoms with van der Waals surface area (Å²) in [6.07, 6.45) is 3.39. The van der Waals surface area contributed by atoms with Crippen molar-refractivity contribution in [1.29, 1.82) is 0 Å². The average Bonchev–Trinajstić information content (AvgIpc) is 3.16. The van der Waals surface area contributed by atoms with E-state index in [1.165, 1.54) is 11.1 Å². The minimum Gasteiger partial charge on any atom is -0.497 e. The summed E-state index contributed by atoms with van der Waals surface area (Å²) in [5.41, 5.74) is 3.44. The van der Waals surface area contributed by atoms with Crippen molar-refractivity contribution in [2.24, 2.45) is 0 Å². The quantitative estimate of drug-likeness (QED) is 0.739. The first-order valence-corrected chi connectivity index (χ1v) is 7.78. The topological polar surface area (TPSA) is 52.4 Å². The highest BCUT2D eigenvalue weighted by atomic mass is 16.5. The van der Waals surface area contributed by atoms with Gasteiger partial charge in [0, 0.05) is 24.3 Å². The Morgan fingerprint density at radius 1 is 1.08 bits per heavy atom. The second kappa shape index (κ2) is 6.33. The summed E-state index contributed by atoms with van der Waals surface area (Å²) in [4.78, 5) is 2.26. The number of ether oxygens (including phenoxy) is 2. The number of aromatic nitrogens is 3. The molecule has 0 fully saturated rings. The van der Waals surface area contributed by atoms with E-state index in [9.17, 15) is 0 Å². The van der Waals surface area contributed by atoms with Gasteiger partial charge in [-0.1, -0.05) is 12.1 Å². The van der Waals surface area contributed by atoms with Gasteiger partial charge in [-0.05, 0) is 35.9 Å². The molecule has 0 N–H and O–H groups in total. The zero-order chi connectivity index (χ0) is 16.4. The van der Waals surface area contributed by atoms with Crippen molar-refractivity contribution in [3.8, 4) is 17.2 Å². The first kappa shape index (κ1) is 14.7. The molecule has 0 aliphatic carbocycles. The summed E-state index contributed by atoms with van der Waals surface area (Å²) in [6, 6.07) is 14.3. The lowest BCUT2D eigenvalue weighted by molar-refractivity contribution is 0.0887. The van der Waals surface area contributed by atoms with Gasteiger partial charge in [-0.3, -0.25) is 9.47 Å². The summed E-state index contributed by atoms with van der Waals surface area (Å²) in [5.74, 6) is 1.82. The molecule has 0 unspecified atom stereocenters. The molecule has 0 saturated heterocycles. The fourth-order valence-electron chi connectivity index (χ4n) is 2.86. The van der Waals surface area contributed by atoms with Gasteiger partial charge in [-0.15, -0.1) is 10.2 Å². The highest BCUT2D eigenvalue weighted by molar-refractivity contribution is 5.44. The number of nitrogens with zero attached hydrogens (tertiary/aromatic N) is 4. The smallest absolute Gasteiger partial charge is 0.142 e. The highest BCUT2D eigenvalue weighted by Crippen LogP contribution is 2.28. The third-order valence-electron chi connectivity index (χ3n) is 4.12. The number of fused-ring (bicyclic) bond motifs is 1. The summed E-state index contributed by atoms with van der Waals surface area (Å²) < 4.78 is 13.0. The maximum absolute atomic E-state index is 5.89. The van der Waals surface area contributed by atoms with Crippen LogP contribution in [0.1, 0.15) is 11.1 Å². The van der Waals surface area contributed by atoms with Crippen LogP contribution in [-0.2, 0) is 13.1 Å².